The van der Waals surface area contributed by atoms with Crippen molar-refractivity contribution < 1.29 is 14.0 Å². The largest absolute Gasteiger partial charge is 0.354 e. The fraction of sp³-hybridized carbons (Fsp3) is 0.455. The number of hydrogen-bond acceptors (Lipinski definition) is 6. The first kappa shape index (κ1) is 21.5. The van der Waals surface area contributed by atoms with Crippen molar-refractivity contribution in [3.8, 4) is 0 Å². The molecular weight excluding hydrogens is 417 g/mol. The molecule has 0 unspecified atom stereocenters. The zero-order chi connectivity index (χ0) is 21.8. The van der Waals surface area contributed by atoms with Crippen molar-refractivity contribution in [2.24, 2.45) is 5.92 Å². The summed E-state index contributed by atoms with van der Waals surface area (Å²) in [7, 11) is 0. The van der Waals surface area contributed by atoms with Crippen molar-refractivity contribution in [2.45, 2.75) is 43.7 Å². The van der Waals surface area contributed by atoms with Gasteiger partial charge in [-0.1, -0.05) is 17.8 Å². The highest BCUT2D eigenvalue weighted by Gasteiger charge is 2.30. The summed E-state index contributed by atoms with van der Waals surface area (Å²) in [6.07, 6.45) is 4.01. The molecule has 0 bridgehead atoms. The minimum Gasteiger partial charge on any atom is -0.354 e. The first-order chi connectivity index (χ1) is 15.0. The molecule has 9 heteroatoms. The Morgan fingerprint density at radius 2 is 2.03 bits per heavy atom. The van der Waals surface area contributed by atoms with Gasteiger partial charge in [-0.15, -0.1) is 10.2 Å². The van der Waals surface area contributed by atoms with Crippen LogP contribution >= 0.6 is 11.8 Å². The van der Waals surface area contributed by atoms with E-state index in [1.807, 2.05) is 12.1 Å². The van der Waals surface area contributed by atoms with E-state index in [1.165, 1.54) is 17.8 Å². The minimum atomic E-state index is -0.451. The van der Waals surface area contributed by atoms with Gasteiger partial charge in [0.1, 0.15) is 10.8 Å². The van der Waals surface area contributed by atoms with Gasteiger partial charge >= 0.3 is 0 Å². The molecule has 1 saturated carbocycles. The number of benzene rings is 1. The van der Waals surface area contributed by atoms with Gasteiger partial charge in [-0.3, -0.25) is 9.59 Å². The number of carbonyl (C=O) groups is 2. The molecule has 2 aliphatic rings. The summed E-state index contributed by atoms with van der Waals surface area (Å²) < 4.78 is 13.9. The summed E-state index contributed by atoms with van der Waals surface area (Å²) in [5.41, 5.74) is 0.965. The molecular formula is C22H26FN5O2S. The fourth-order valence-corrected chi connectivity index (χ4v) is 4.17. The fourth-order valence-electron chi connectivity index (χ4n) is 3.55. The lowest BCUT2D eigenvalue weighted by atomic mass is 9.97. The Balaban J connectivity index is 1.27. The molecule has 31 heavy (non-hydrogen) atoms. The minimum absolute atomic E-state index is 0.0175. The van der Waals surface area contributed by atoms with E-state index in [4.69, 9.17) is 0 Å². The molecule has 2 aromatic rings. The Hall–Kier alpha value is -2.68. The molecule has 0 spiro atoms. The monoisotopic (exact) mass is 443 g/mol. The van der Waals surface area contributed by atoms with Crippen LogP contribution in [0.25, 0.3) is 0 Å². The molecule has 164 valence electrons. The first-order valence-corrected chi connectivity index (χ1v) is 11.5. The molecule has 0 radical (unpaired) electrons. The molecule has 2 fully saturated rings. The second-order valence-electron chi connectivity index (χ2n) is 8.12. The van der Waals surface area contributed by atoms with Crippen LogP contribution in [0.5, 0.6) is 0 Å². The maximum absolute atomic E-state index is 13.9. The Morgan fingerprint density at radius 3 is 2.74 bits per heavy atom. The van der Waals surface area contributed by atoms with Crippen molar-refractivity contribution in [2.75, 3.05) is 29.1 Å². The Kier molecular flexibility index (Phi) is 6.70. The highest BCUT2D eigenvalue weighted by Crippen LogP contribution is 2.25. The predicted octanol–water partition coefficient (Wildman–Crippen LogP) is 3.15. The van der Waals surface area contributed by atoms with E-state index in [2.05, 4.69) is 25.7 Å². The zero-order valence-corrected chi connectivity index (χ0v) is 18.3. The second kappa shape index (κ2) is 9.64. The number of amides is 2. The quantitative estimate of drug-likeness (QED) is 0.640. The van der Waals surface area contributed by atoms with Gasteiger partial charge in [-0.05, 0) is 62.4 Å². The first-order valence-electron chi connectivity index (χ1n) is 10.6. The van der Waals surface area contributed by atoms with Gasteiger partial charge < -0.3 is 15.5 Å². The summed E-state index contributed by atoms with van der Waals surface area (Å²) in [5, 5.41) is 14.8. The van der Waals surface area contributed by atoms with Gasteiger partial charge in [0, 0.05) is 19.1 Å². The number of rotatable bonds is 7. The summed E-state index contributed by atoms with van der Waals surface area (Å²) >= 11 is 1.24. The average Bonchev–Trinajstić information content (AvgIpc) is 3.59. The van der Waals surface area contributed by atoms with Crippen LogP contribution in [0.15, 0.2) is 35.4 Å². The third-order valence-corrected chi connectivity index (χ3v) is 6.34. The maximum Gasteiger partial charge on any atom is 0.234 e. The third-order valence-electron chi connectivity index (χ3n) is 5.42. The number of anilines is 2. The molecule has 2 N–H and O–H groups in total. The molecule has 1 aliphatic heterocycles. The van der Waals surface area contributed by atoms with Crippen LogP contribution in [0.4, 0.5) is 15.9 Å². The second-order valence-corrected chi connectivity index (χ2v) is 9.11. The molecule has 2 heterocycles. The molecule has 1 aliphatic carbocycles. The Bertz CT molecular complexity index is 951. The molecule has 7 nitrogen and oxygen atoms in total. The summed E-state index contributed by atoms with van der Waals surface area (Å²) in [6.45, 7) is 3.28. The Labute approximate surface area is 185 Å². The highest BCUT2D eigenvalue weighted by atomic mass is 32.2. The predicted molar refractivity (Wildman–Crippen MR) is 119 cm³/mol. The molecule has 2 amide bonds. The van der Waals surface area contributed by atoms with E-state index < -0.39 is 5.82 Å². The molecule has 1 aromatic carbocycles. The lowest BCUT2D eigenvalue weighted by Crippen LogP contribution is -2.44. The number of nitrogens with zero attached hydrogens (tertiary/aromatic N) is 3. The Morgan fingerprint density at radius 1 is 1.19 bits per heavy atom. The van der Waals surface area contributed by atoms with Gasteiger partial charge in [0.15, 0.2) is 5.82 Å². The summed E-state index contributed by atoms with van der Waals surface area (Å²) in [4.78, 5) is 26.6. The van der Waals surface area contributed by atoms with Gasteiger partial charge in [0.2, 0.25) is 11.8 Å². The number of aryl methyl sites for hydroxylation is 1. The van der Waals surface area contributed by atoms with Crippen molar-refractivity contribution in [1.82, 2.24) is 15.5 Å². The van der Waals surface area contributed by atoms with E-state index in [1.54, 1.807) is 19.1 Å². The van der Waals surface area contributed by atoms with E-state index in [9.17, 15) is 14.0 Å². The number of thioether (sulfide) groups is 1. The lowest BCUT2D eigenvalue weighted by molar-refractivity contribution is -0.125. The smallest absolute Gasteiger partial charge is 0.234 e. The molecule has 1 atom stereocenters. The van der Waals surface area contributed by atoms with Crippen LogP contribution in [0.2, 0.25) is 0 Å². The SMILES string of the molecule is Cc1ccc(NC(=O)CSc2ccc(N3CCC[C@H](C(=O)NC4CC4)C3)nn2)c(F)c1. The van der Waals surface area contributed by atoms with Gasteiger partial charge in [-0.2, -0.15) is 0 Å². The molecule has 1 saturated heterocycles. The van der Waals surface area contributed by atoms with E-state index in [-0.39, 0.29) is 29.2 Å². The standard InChI is InChI=1S/C22H26FN5O2S/c1-14-4-7-18(17(23)11-14)25-20(29)13-31-21-9-8-19(26-27-21)28-10-2-3-15(12-28)22(30)24-16-5-6-16/h4,7-9,11,15-16H,2-3,5-6,10,12-13H2,1H3,(H,24,30)(H,25,29)/t15-/m0/s1. The van der Waals surface area contributed by atoms with Gasteiger partial charge in [0.05, 0.1) is 17.4 Å². The van der Waals surface area contributed by atoms with Crippen molar-refractivity contribution in [3.63, 3.8) is 0 Å². The van der Waals surface area contributed by atoms with Crippen LogP contribution in [-0.2, 0) is 9.59 Å². The van der Waals surface area contributed by atoms with Crippen molar-refractivity contribution in [1.29, 1.82) is 0 Å². The van der Waals surface area contributed by atoms with Crippen molar-refractivity contribution in [3.05, 3.63) is 41.7 Å². The maximum atomic E-state index is 13.9. The van der Waals surface area contributed by atoms with Crippen LogP contribution < -0.4 is 15.5 Å². The van der Waals surface area contributed by atoms with Crippen LogP contribution in [0, 0.1) is 18.7 Å². The van der Waals surface area contributed by atoms with Crippen LogP contribution in [0.1, 0.15) is 31.2 Å². The molecule has 4 rings (SSSR count). The number of piperidine rings is 1. The van der Waals surface area contributed by atoms with E-state index in [0.717, 1.165) is 43.6 Å². The third kappa shape index (κ3) is 5.94. The number of hydrogen-bond donors (Lipinski definition) is 2. The average molecular weight is 444 g/mol. The van der Waals surface area contributed by atoms with Gasteiger partial charge in [-0.25, -0.2) is 4.39 Å². The highest BCUT2D eigenvalue weighted by molar-refractivity contribution is 7.99. The number of carbonyl (C=O) groups excluding carboxylic acids is 2. The summed E-state index contributed by atoms with van der Waals surface area (Å²) in [5.74, 6) is 0.209. The van der Waals surface area contributed by atoms with Crippen LogP contribution in [-0.4, -0.2) is 46.9 Å². The van der Waals surface area contributed by atoms with E-state index >= 15 is 0 Å². The number of nitrogens with one attached hydrogen (secondary N) is 2. The van der Waals surface area contributed by atoms with Crippen molar-refractivity contribution >= 4 is 35.1 Å². The lowest BCUT2D eigenvalue weighted by Gasteiger charge is -2.32. The van der Waals surface area contributed by atoms with Crippen LogP contribution in [0.3, 0.4) is 0 Å². The number of halogens is 1. The van der Waals surface area contributed by atoms with Gasteiger partial charge in [0.25, 0.3) is 0 Å². The number of aromatic nitrogens is 2. The zero-order valence-electron chi connectivity index (χ0n) is 17.4. The topological polar surface area (TPSA) is 87.2 Å². The molecule has 1 aromatic heterocycles. The summed E-state index contributed by atoms with van der Waals surface area (Å²) in [6, 6.07) is 8.75. The van der Waals surface area contributed by atoms with E-state index in [0.29, 0.717) is 17.6 Å². The normalized spacial score (nSPS) is 18.5.